The minimum Gasteiger partial charge on any atom is -0.458 e. The van der Waals surface area contributed by atoms with Crippen LogP contribution in [0.3, 0.4) is 0 Å². The third-order valence-corrected chi connectivity index (χ3v) is 25.9. The zero-order chi connectivity index (χ0) is 77.0. The number of carbonyl (C=O) groups excluding carboxylic acids is 2. The molecule has 30 nitrogen and oxygen atoms in total. The van der Waals surface area contributed by atoms with Crippen LogP contribution >= 0.6 is 0 Å². The molecule has 10 fully saturated rings. The largest absolute Gasteiger partial charge is 0.458 e. The normalized spacial score (nSPS) is 49.6. The number of aliphatic hydroxyl groups is 8. The van der Waals surface area contributed by atoms with Gasteiger partial charge in [0.25, 0.3) is 0 Å². The Hall–Kier alpha value is -3.24. The van der Waals surface area contributed by atoms with E-state index < -0.39 is 236 Å². The average Bonchev–Trinajstić information content (AvgIpc) is 1.58. The predicted molar refractivity (Wildman–Crippen MR) is 373 cm³/mol. The number of aliphatic hydroxyl groups excluding tert-OH is 5. The molecule has 30 heteroatoms. The molecule has 3 saturated carbocycles. The summed E-state index contributed by atoms with van der Waals surface area (Å²) < 4.78 is 127. The molecule has 1 aromatic rings. The van der Waals surface area contributed by atoms with Gasteiger partial charge in [-0.1, -0.05) is 48.9 Å². The van der Waals surface area contributed by atoms with Crippen LogP contribution in [0.25, 0.3) is 6.08 Å². The van der Waals surface area contributed by atoms with Crippen molar-refractivity contribution in [2.45, 2.75) is 353 Å². The van der Waals surface area contributed by atoms with Crippen LogP contribution in [0.1, 0.15) is 151 Å². The summed E-state index contributed by atoms with van der Waals surface area (Å²) in [7, 11) is 7.92. The van der Waals surface area contributed by atoms with Gasteiger partial charge in [0.15, 0.2) is 49.8 Å². The lowest BCUT2D eigenvalue weighted by Gasteiger charge is -2.67. The van der Waals surface area contributed by atoms with Crippen LogP contribution in [-0.4, -0.2) is 302 Å². The van der Waals surface area contributed by atoms with Crippen LogP contribution in [0.4, 0.5) is 0 Å². The quantitative estimate of drug-likeness (QED) is 0.0417. The summed E-state index contributed by atoms with van der Waals surface area (Å²) in [6, 6.07) is 9.24. The molecule has 12 rings (SSSR count). The second kappa shape index (κ2) is 34.1. The second-order valence-corrected chi connectivity index (χ2v) is 32.0. The van der Waals surface area contributed by atoms with Crippen molar-refractivity contribution in [3.8, 4) is 0 Å². The molecule has 7 saturated heterocycles. The lowest BCUT2D eigenvalue weighted by molar-refractivity contribution is -0.360. The van der Waals surface area contributed by atoms with Gasteiger partial charge in [-0.3, -0.25) is 4.79 Å². The fourth-order valence-corrected chi connectivity index (χ4v) is 19.7. The molecule has 8 N–H and O–H groups in total. The molecule has 0 radical (unpaired) electrons. The van der Waals surface area contributed by atoms with Gasteiger partial charge < -0.3 is 136 Å². The van der Waals surface area contributed by atoms with E-state index >= 15 is 0 Å². The Morgan fingerprint density at radius 1 is 0.523 bits per heavy atom. The van der Waals surface area contributed by atoms with Gasteiger partial charge in [0.1, 0.15) is 83.9 Å². The van der Waals surface area contributed by atoms with Gasteiger partial charge in [0.2, 0.25) is 0 Å². The number of Topliss-reactive ketones (excluding diaryl/α,β-unsaturated/α-hetero) is 1. The highest BCUT2D eigenvalue weighted by Crippen LogP contribution is 2.71. The van der Waals surface area contributed by atoms with Crippen LogP contribution in [0.15, 0.2) is 48.1 Å². The van der Waals surface area contributed by atoms with Gasteiger partial charge >= 0.3 is 5.97 Å². The molecule has 7 aliphatic heterocycles. The van der Waals surface area contributed by atoms with E-state index in [1.807, 2.05) is 71.0 Å². The van der Waals surface area contributed by atoms with Crippen molar-refractivity contribution in [2.75, 3.05) is 42.2 Å². The van der Waals surface area contributed by atoms with Crippen molar-refractivity contribution in [1.82, 2.24) is 0 Å². The Bertz CT molecular complexity index is 3160. The number of carbonyl (C=O) groups is 2. The van der Waals surface area contributed by atoms with Crippen LogP contribution in [-0.2, 0) is 104 Å². The van der Waals surface area contributed by atoms with E-state index in [2.05, 4.69) is 6.92 Å². The van der Waals surface area contributed by atoms with Gasteiger partial charge in [-0.15, -0.1) is 0 Å². The lowest BCUT2D eigenvalue weighted by atomic mass is 9.42. The molecule has 0 bridgehead atoms. The lowest BCUT2D eigenvalue weighted by Crippen LogP contribution is -2.78. The van der Waals surface area contributed by atoms with Crippen molar-refractivity contribution in [3.63, 3.8) is 0 Å². The number of methoxy groups -OCH3 is 5. The Kier molecular flexibility index (Phi) is 26.5. The Morgan fingerprint density at radius 3 is 1.38 bits per heavy atom. The summed E-state index contributed by atoms with van der Waals surface area (Å²) in [5.74, 6) is -1.89. The Labute approximate surface area is 626 Å². The van der Waals surface area contributed by atoms with E-state index in [1.54, 1.807) is 48.4 Å². The molecule has 4 aliphatic carbocycles. The molecule has 1 aromatic carbocycles. The number of esters is 1. The van der Waals surface area contributed by atoms with Gasteiger partial charge in [-0.25, -0.2) is 4.79 Å². The third kappa shape index (κ3) is 16.2. The number of ether oxygens (including phenoxy) is 20. The number of hydrogen-bond donors (Lipinski definition) is 8. The smallest absolute Gasteiger partial charge is 0.331 e. The van der Waals surface area contributed by atoms with E-state index in [0.29, 0.717) is 38.5 Å². The van der Waals surface area contributed by atoms with Gasteiger partial charge in [0.05, 0.1) is 91.4 Å². The fourth-order valence-electron chi connectivity index (χ4n) is 19.7. The van der Waals surface area contributed by atoms with Crippen molar-refractivity contribution < 1.29 is 145 Å². The van der Waals surface area contributed by atoms with Crippen LogP contribution < -0.4 is 0 Å². The first kappa shape index (κ1) is 83.2. The SMILES string of the molecule is CO[C@H]1C[C@H](O[C@H]2[C@H](C)O[C@@H](O[C@H]3[C@@H](OC)C[C@H](O[C@H]4[C@H](C)O[C@@H](O[C@H]5[C@@H](O)C[C@H](O[C@H]6CC[C@@]7(C)C(=CC[C@]8(O)[C@@H]7C[C@@H](OC(=O)/C=C/c7ccccc7)[C@@]7(C)[C@]8(O)CC[C@@]7(O)C(C)=O)C6)O[C@@H]5C)C[C@H]4OC)O[C@@H]3C)C[C@H]2OC)O[C@H](C)[C@H]1O[C@H]1C[C@@H](OC)[C@@H](O[C@@H]2O[C@H](CO)[C@@H](O)[C@H](O)[C@H]2O)[C@H](C)O1. The Morgan fingerprint density at radius 2 is 0.953 bits per heavy atom. The van der Waals surface area contributed by atoms with Crippen molar-refractivity contribution in [3.05, 3.63) is 53.6 Å². The van der Waals surface area contributed by atoms with Gasteiger partial charge in [0, 0.05) is 86.1 Å². The van der Waals surface area contributed by atoms with Crippen LogP contribution in [0.5, 0.6) is 0 Å². The summed E-state index contributed by atoms with van der Waals surface area (Å²) in [4.78, 5) is 27.1. The molecule has 0 unspecified atom stereocenters. The topological polar surface area (TPSA) is 381 Å². The summed E-state index contributed by atoms with van der Waals surface area (Å²) in [6.45, 7) is 15.4. The molecule has 606 valence electrons. The van der Waals surface area contributed by atoms with Crippen molar-refractivity contribution in [1.29, 1.82) is 0 Å². The van der Waals surface area contributed by atoms with E-state index in [0.717, 1.165) is 11.1 Å². The maximum absolute atomic E-state index is 13.7. The maximum Gasteiger partial charge on any atom is 0.331 e. The first-order valence-corrected chi connectivity index (χ1v) is 38.3. The maximum atomic E-state index is 13.7. The standard InChI is InChI=1S/C77H118O30/c1-37-66(47(80)29-57(93-37)99-46-23-24-73(8)45(28-46)22-25-76(86)54(73)35-55(101-56(81)21-20-44-18-16-15-17-19-44)74(9)75(85,43(7)79)26-27-77(74,76)87)102-58-30-48(88-10)67(38(2)94-58)103-59-31-49(89-11)68(39(3)95-59)104-60-32-50(90-12)69(40(4)96-60)105-61-33-51(91-13)70(41(5)97-61)106-62-34-52(92-14)71(42(6)98-62)107-72-65(84)64(83)63(82)53(36-78)100-72/h15-22,37-42,46-55,57-72,78,80,82-87H,23-36H2,1-14H3/b21-20+/t37-,38+,39-,40+,41-,42+,46+,47+,48-,49+,50-,51+,52-,53-,54-,55-,57+,58+,59+,60+,61+,62+,63-,64+,65-,66-,67+,68-,69+,70-,71+,72+,73+,74-,75-,76+,77-/m1/s1. The molecule has 0 aromatic heterocycles. The number of rotatable bonds is 24. The molecular weight excluding hydrogens is 1400 g/mol. The molecule has 0 spiro atoms. The number of fused-ring (bicyclic) bond motifs is 5. The summed E-state index contributed by atoms with van der Waals surface area (Å²) in [6.07, 6.45) is -16.4. The molecule has 7 heterocycles. The third-order valence-electron chi connectivity index (χ3n) is 25.9. The monoisotopic (exact) mass is 1520 g/mol. The van der Waals surface area contributed by atoms with Crippen LogP contribution in [0.2, 0.25) is 0 Å². The molecule has 107 heavy (non-hydrogen) atoms. The number of hydrogen-bond acceptors (Lipinski definition) is 30. The van der Waals surface area contributed by atoms with E-state index in [9.17, 15) is 50.4 Å². The molecule has 11 aliphatic rings. The van der Waals surface area contributed by atoms with Crippen LogP contribution in [0, 0.1) is 16.7 Å². The Balaban J connectivity index is 0.593. The summed E-state index contributed by atoms with van der Waals surface area (Å²) in [5, 5.41) is 91.1. The van der Waals surface area contributed by atoms with Crippen molar-refractivity contribution in [2.24, 2.45) is 16.7 Å². The predicted octanol–water partition coefficient (Wildman–Crippen LogP) is 3.48. The van der Waals surface area contributed by atoms with E-state index in [4.69, 9.17) is 94.7 Å². The van der Waals surface area contributed by atoms with Crippen molar-refractivity contribution >= 4 is 17.8 Å². The zero-order valence-electron chi connectivity index (χ0n) is 64.1. The highest BCUT2D eigenvalue weighted by Gasteiger charge is 2.81. The van der Waals surface area contributed by atoms with E-state index in [-0.39, 0.29) is 51.0 Å². The van der Waals surface area contributed by atoms with E-state index in [1.165, 1.54) is 20.1 Å². The highest BCUT2D eigenvalue weighted by atomic mass is 16.8. The number of benzene rings is 1. The summed E-state index contributed by atoms with van der Waals surface area (Å²) in [5.41, 5.74) is -6.51. The summed E-state index contributed by atoms with van der Waals surface area (Å²) >= 11 is 0. The molecule has 37 atom stereocenters. The fraction of sp³-hybridized carbons (Fsp3) is 0.844. The van der Waals surface area contributed by atoms with Gasteiger partial charge in [-0.2, -0.15) is 0 Å². The average molecular weight is 1520 g/mol. The zero-order valence-corrected chi connectivity index (χ0v) is 64.1. The minimum atomic E-state index is -2.08. The number of ketones is 1. The first-order chi connectivity index (χ1) is 50.9. The highest BCUT2D eigenvalue weighted by molar-refractivity contribution is 5.89. The molecular formula is C77H118O30. The second-order valence-electron chi connectivity index (χ2n) is 32.0. The minimum absolute atomic E-state index is 0.0438. The van der Waals surface area contributed by atoms with Gasteiger partial charge in [-0.05, 0) is 117 Å². The molecule has 0 amide bonds. The first-order valence-electron chi connectivity index (χ1n) is 38.3.